The van der Waals surface area contributed by atoms with Crippen LogP contribution in [0.25, 0.3) is 0 Å². The van der Waals surface area contributed by atoms with E-state index in [1.807, 2.05) is 39.0 Å². The van der Waals surface area contributed by atoms with Crippen molar-refractivity contribution in [3.63, 3.8) is 0 Å². The fourth-order valence-electron chi connectivity index (χ4n) is 1.44. The molecule has 1 aromatic carbocycles. The summed E-state index contributed by atoms with van der Waals surface area (Å²) in [6.07, 6.45) is 0. The molecule has 0 radical (unpaired) electrons. The summed E-state index contributed by atoms with van der Waals surface area (Å²) in [5.41, 5.74) is 8.65. The number of hydrogen-bond acceptors (Lipinski definition) is 2. The van der Waals surface area contributed by atoms with Gasteiger partial charge in [0.2, 0.25) is 0 Å². The van der Waals surface area contributed by atoms with Crippen molar-refractivity contribution < 1.29 is 5.11 Å². The predicted molar refractivity (Wildman–Crippen MR) is 54.5 cm³/mol. The number of aliphatic hydroxyl groups excluding tert-OH is 1. The molecule has 0 aromatic heterocycles. The molecule has 0 aliphatic carbocycles. The Morgan fingerprint density at radius 3 is 2.54 bits per heavy atom. The quantitative estimate of drug-likeness (QED) is 0.722. The van der Waals surface area contributed by atoms with E-state index in [1.165, 1.54) is 5.56 Å². The molecule has 2 nitrogen and oxygen atoms in total. The second kappa shape index (κ2) is 3.48. The largest absolute Gasteiger partial charge is 0.394 e. The number of nitrogens with two attached hydrogens (primary N) is 1. The summed E-state index contributed by atoms with van der Waals surface area (Å²) in [5.74, 6) is 0. The summed E-state index contributed by atoms with van der Waals surface area (Å²) in [7, 11) is 0. The highest BCUT2D eigenvalue weighted by Gasteiger charge is 2.21. The van der Waals surface area contributed by atoms with Crippen LogP contribution in [0.2, 0.25) is 0 Å². The topological polar surface area (TPSA) is 46.2 Å². The lowest BCUT2D eigenvalue weighted by Crippen LogP contribution is -2.37. The van der Waals surface area contributed by atoms with Gasteiger partial charge in [-0.15, -0.1) is 0 Å². The molecule has 0 aliphatic rings. The van der Waals surface area contributed by atoms with Gasteiger partial charge in [0.15, 0.2) is 0 Å². The first-order valence-electron chi connectivity index (χ1n) is 4.45. The molecule has 0 spiro atoms. The molecule has 0 fully saturated rings. The van der Waals surface area contributed by atoms with Crippen molar-refractivity contribution in [2.24, 2.45) is 5.73 Å². The molecule has 0 heterocycles. The van der Waals surface area contributed by atoms with Crippen LogP contribution in [0.5, 0.6) is 0 Å². The summed E-state index contributed by atoms with van der Waals surface area (Å²) in [5, 5.41) is 9.14. The summed E-state index contributed by atoms with van der Waals surface area (Å²) < 4.78 is 0. The van der Waals surface area contributed by atoms with Gasteiger partial charge in [0, 0.05) is 0 Å². The van der Waals surface area contributed by atoms with Gasteiger partial charge in [0.05, 0.1) is 12.1 Å². The van der Waals surface area contributed by atoms with Gasteiger partial charge in [-0.1, -0.05) is 23.8 Å². The lowest BCUT2D eigenvalue weighted by molar-refractivity contribution is 0.209. The first-order valence-corrected chi connectivity index (χ1v) is 4.45. The van der Waals surface area contributed by atoms with E-state index in [0.717, 1.165) is 11.1 Å². The van der Waals surface area contributed by atoms with Crippen LogP contribution in [0.3, 0.4) is 0 Å². The number of rotatable bonds is 2. The molecule has 1 atom stereocenters. The number of benzene rings is 1. The van der Waals surface area contributed by atoms with Gasteiger partial charge in [-0.25, -0.2) is 0 Å². The van der Waals surface area contributed by atoms with Gasteiger partial charge in [0.25, 0.3) is 0 Å². The minimum atomic E-state index is -0.629. The Kier molecular flexibility index (Phi) is 2.74. The van der Waals surface area contributed by atoms with E-state index >= 15 is 0 Å². The summed E-state index contributed by atoms with van der Waals surface area (Å²) >= 11 is 0. The fraction of sp³-hybridized carbons (Fsp3) is 0.455. The molecule has 72 valence electrons. The van der Waals surface area contributed by atoms with E-state index in [1.54, 1.807) is 0 Å². The molecule has 3 N–H and O–H groups in total. The van der Waals surface area contributed by atoms with Crippen LogP contribution in [0.15, 0.2) is 18.2 Å². The van der Waals surface area contributed by atoms with E-state index in [2.05, 4.69) is 0 Å². The highest BCUT2D eigenvalue weighted by molar-refractivity contribution is 5.35. The Morgan fingerprint density at radius 2 is 2.00 bits per heavy atom. The zero-order valence-corrected chi connectivity index (χ0v) is 8.46. The third kappa shape index (κ3) is 2.08. The van der Waals surface area contributed by atoms with Crippen molar-refractivity contribution in [3.05, 3.63) is 34.9 Å². The second-order valence-electron chi connectivity index (χ2n) is 3.89. The Hall–Kier alpha value is -0.860. The van der Waals surface area contributed by atoms with E-state index in [9.17, 15) is 0 Å². The lowest BCUT2D eigenvalue weighted by Gasteiger charge is -2.24. The number of hydrogen-bond donors (Lipinski definition) is 2. The maximum absolute atomic E-state index is 9.14. The molecule has 0 amide bonds. The SMILES string of the molecule is Cc1ccc(C)c(C(C)(N)CO)c1. The van der Waals surface area contributed by atoms with Crippen molar-refractivity contribution in [1.82, 2.24) is 0 Å². The molecule has 0 saturated carbocycles. The zero-order valence-electron chi connectivity index (χ0n) is 8.46. The Balaban J connectivity index is 3.20. The van der Waals surface area contributed by atoms with Gasteiger partial charge in [-0.05, 0) is 31.9 Å². The molecule has 1 unspecified atom stereocenters. The Bertz CT molecular complexity index is 305. The first-order chi connectivity index (χ1) is 5.97. The third-order valence-corrected chi connectivity index (χ3v) is 2.34. The Morgan fingerprint density at radius 1 is 1.38 bits per heavy atom. The molecule has 1 rings (SSSR count). The first kappa shape index (κ1) is 10.2. The van der Waals surface area contributed by atoms with E-state index in [-0.39, 0.29) is 6.61 Å². The molecule has 2 heteroatoms. The fourth-order valence-corrected chi connectivity index (χ4v) is 1.44. The highest BCUT2D eigenvalue weighted by atomic mass is 16.3. The van der Waals surface area contributed by atoms with Crippen LogP contribution in [0.1, 0.15) is 23.6 Å². The summed E-state index contributed by atoms with van der Waals surface area (Å²) in [4.78, 5) is 0. The van der Waals surface area contributed by atoms with Crippen LogP contribution in [0.4, 0.5) is 0 Å². The van der Waals surface area contributed by atoms with Crippen molar-refractivity contribution >= 4 is 0 Å². The molecule has 0 bridgehead atoms. The molecule has 13 heavy (non-hydrogen) atoms. The summed E-state index contributed by atoms with van der Waals surface area (Å²) in [6, 6.07) is 6.11. The number of aryl methyl sites for hydroxylation is 2. The smallest absolute Gasteiger partial charge is 0.0650 e. The van der Waals surface area contributed by atoms with Gasteiger partial charge in [-0.3, -0.25) is 0 Å². The average molecular weight is 179 g/mol. The van der Waals surface area contributed by atoms with Crippen LogP contribution >= 0.6 is 0 Å². The minimum Gasteiger partial charge on any atom is -0.394 e. The molecule has 1 aromatic rings. The van der Waals surface area contributed by atoms with Crippen molar-refractivity contribution in [1.29, 1.82) is 0 Å². The van der Waals surface area contributed by atoms with E-state index in [4.69, 9.17) is 10.8 Å². The van der Waals surface area contributed by atoms with Crippen LogP contribution < -0.4 is 5.73 Å². The lowest BCUT2D eigenvalue weighted by atomic mass is 9.89. The van der Waals surface area contributed by atoms with E-state index < -0.39 is 5.54 Å². The highest BCUT2D eigenvalue weighted by Crippen LogP contribution is 2.22. The third-order valence-electron chi connectivity index (χ3n) is 2.34. The van der Waals surface area contributed by atoms with Crippen LogP contribution in [-0.4, -0.2) is 11.7 Å². The van der Waals surface area contributed by atoms with Crippen LogP contribution in [0, 0.1) is 13.8 Å². The van der Waals surface area contributed by atoms with Crippen LogP contribution in [-0.2, 0) is 5.54 Å². The monoisotopic (exact) mass is 179 g/mol. The van der Waals surface area contributed by atoms with Gasteiger partial charge < -0.3 is 10.8 Å². The molecule has 0 saturated heterocycles. The van der Waals surface area contributed by atoms with Gasteiger partial charge in [0.1, 0.15) is 0 Å². The van der Waals surface area contributed by atoms with Crippen molar-refractivity contribution in [3.8, 4) is 0 Å². The zero-order chi connectivity index (χ0) is 10.1. The standard InChI is InChI=1S/C11H17NO/c1-8-4-5-9(2)10(6-8)11(3,12)7-13/h4-6,13H,7,12H2,1-3H3. The normalized spacial score (nSPS) is 15.5. The summed E-state index contributed by atoms with van der Waals surface area (Å²) in [6.45, 7) is 5.85. The average Bonchev–Trinajstić information content (AvgIpc) is 2.09. The van der Waals surface area contributed by atoms with Gasteiger partial charge in [-0.2, -0.15) is 0 Å². The molecular formula is C11H17NO. The maximum Gasteiger partial charge on any atom is 0.0650 e. The molecule has 0 aliphatic heterocycles. The van der Waals surface area contributed by atoms with Crippen molar-refractivity contribution in [2.45, 2.75) is 26.3 Å². The van der Waals surface area contributed by atoms with E-state index in [0.29, 0.717) is 0 Å². The number of aliphatic hydroxyl groups is 1. The van der Waals surface area contributed by atoms with Gasteiger partial charge >= 0.3 is 0 Å². The Labute approximate surface area is 79.4 Å². The molecular weight excluding hydrogens is 162 g/mol. The maximum atomic E-state index is 9.14. The predicted octanol–water partition coefficient (Wildman–Crippen LogP) is 1.47. The second-order valence-corrected chi connectivity index (χ2v) is 3.89. The van der Waals surface area contributed by atoms with Crippen molar-refractivity contribution in [2.75, 3.05) is 6.61 Å². The minimum absolute atomic E-state index is 0.0305.